The van der Waals surface area contributed by atoms with E-state index in [4.69, 9.17) is 4.74 Å². The summed E-state index contributed by atoms with van der Waals surface area (Å²) >= 11 is 0. The van der Waals surface area contributed by atoms with E-state index < -0.39 is 0 Å². The first-order chi connectivity index (χ1) is 9.22. The molecule has 0 amide bonds. The fourth-order valence-corrected chi connectivity index (χ4v) is 2.77. The average Bonchev–Trinajstić information content (AvgIpc) is 3.22. The SMILES string of the molecule is CCC(CC1CC1)NC(C)Cc1ccccc1OC. The van der Waals surface area contributed by atoms with Crippen LogP contribution in [0.5, 0.6) is 5.75 Å². The van der Waals surface area contributed by atoms with Crippen LogP contribution in [-0.4, -0.2) is 19.2 Å². The number of hydrogen-bond acceptors (Lipinski definition) is 2. The van der Waals surface area contributed by atoms with Gasteiger partial charge in [-0.15, -0.1) is 0 Å². The van der Waals surface area contributed by atoms with Crippen LogP contribution < -0.4 is 10.1 Å². The summed E-state index contributed by atoms with van der Waals surface area (Å²) in [6.07, 6.45) is 6.50. The molecule has 2 rings (SSSR count). The van der Waals surface area contributed by atoms with Crippen molar-refractivity contribution in [2.24, 2.45) is 5.92 Å². The fourth-order valence-electron chi connectivity index (χ4n) is 2.77. The van der Waals surface area contributed by atoms with E-state index in [0.717, 1.165) is 18.1 Å². The number of nitrogens with one attached hydrogen (secondary N) is 1. The van der Waals surface area contributed by atoms with Crippen LogP contribution in [0.3, 0.4) is 0 Å². The molecule has 2 atom stereocenters. The lowest BCUT2D eigenvalue weighted by Crippen LogP contribution is -2.37. The van der Waals surface area contributed by atoms with Crippen molar-refractivity contribution >= 4 is 0 Å². The van der Waals surface area contributed by atoms with Gasteiger partial charge in [0.25, 0.3) is 0 Å². The molecule has 0 heterocycles. The molecule has 1 aliphatic rings. The van der Waals surface area contributed by atoms with Crippen LogP contribution in [0.4, 0.5) is 0 Å². The van der Waals surface area contributed by atoms with Gasteiger partial charge in [-0.05, 0) is 43.7 Å². The van der Waals surface area contributed by atoms with Gasteiger partial charge in [-0.2, -0.15) is 0 Å². The van der Waals surface area contributed by atoms with Crippen molar-refractivity contribution in [3.8, 4) is 5.75 Å². The van der Waals surface area contributed by atoms with Crippen molar-refractivity contribution in [2.75, 3.05) is 7.11 Å². The monoisotopic (exact) mass is 261 g/mol. The second kappa shape index (κ2) is 6.95. The Balaban J connectivity index is 1.86. The van der Waals surface area contributed by atoms with Gasteiger partial charge < -0.3 is 10.1 Å². The molecule has 1 aromatic carbocycles. The number of para-hydroxylation sites is 1. The first-order valence-corrected chi connectivity index (χ1v) is 7.60. The first-order valence-electron chi connectivity index (χ1n) is 7.60. The van der Waals surface area contributed by atoms with Crippen molar-refractivity contribution in [1.82, 2.24) is 5.32 Å². The van der Waals surface area contributed by atoms with Gasteiger partial charge in [0.2, 0.25) is 0 Å². The molecule has 1 fully saturated rings. The molecule has 0 aromatic heterocycles. The van der Waals surface area contributed by atoms with Gasteiger partial charge in [0.05, 0.1) is 7.11 Å². The summed E-state index contributed by atoms with van der Waals surface area (Å²) < 4.78 is 5.42. The smallest absolute Gasteiger partial charge is 0.122 e. The Kier molecular flexibility index (Phi) is 5.26. The number of methoxy groups -OCH3 is 1. The highest BCUT2D eigenvalue weighted by Gasteiger charge is 2.25. The van der Waals surface area contributed by atoms with Gasteiger partial charge in [-0.1, -0.05) is 38.0 Å². The van der Waals surface area contributed by atoms with E-state index in [-0.39, 0.29) is 0 Å². The highest BCUT2D eigenvalue weighted by atomic mass is 16.5. The van der Waals surface area contributed by atoms with E-state index in [0.29, 0.717) is 12.1 Å². The van der Waals surface area contributed by atoms with E-state index in [9.17, 15) is 0 Å². The zero-order valence-electron chi connectivity index (χ0n) is 12.5. The van der Waals surface area contributed by atoms with Crippen molar-refractivity contribution in [1.29, 1.82) is 0 Å². The molecule has 0 bridgehead atoms. The molecular formula is C17H27NO. The minimum absolute atomic E-state index is 0.500. The zero-order chi connectivity index (χ0) is 13.7. The summed E-state index contributed by atoms with van der Waals surface area (Å²) in [5.74, 6) is 2.00. The Morgan fingerprint density at radius 2 is 2.05 bits per heavy atom. The van der Waals surface area contributed by atoms with Crippen LogP contribution in [0.15, 0.2) is 24.3 Å². The highest BCUT2D eigenvalue weighted by molar-refractivity contribution is 5.33. The van der Waals surface area contributed by atoms with Gasteiger partial charge in [0, 0.05) is 12.1 Å². The topological polar surface area (TPSA) is 21.3 Å². The minimum Gasteiger partial charge on any atom is -0.496 e. The lowest BCUT2D eigenvalue weighted by molar-refractivity contribution is 0.384. The molecular weight excluding hydrogens is 234 g/mol. The Bertz CT molecular complexity index is 387. The molecule has 0 spiro atoms. The Morgan fingerprint density at radius 1 is 1.32 bits per heavy atom. The second-order valence-corrected chi connectivity index (χ2v) is 5.87. The molecule has 0 saturated heterocycles. The predicted octanol–water partition coefficient (Wildman–Crippen LogP) is 3.79. The van der Waals surface area contributed by atoms with Gasteiger partial charge in [0.1, 0.15) is 5.75 Å². The van der Waals surface area contributed by atoms with Gasteiger partial charge >= 0.3 is 0 Å². The lowest BCUT2D eigenvalue weighted by Gasteiger charge is -2.23. The first kappa shape index (κ1) is 14.4. The lowest BCUT2D eigenvalue weighted by atomic mass is 10.0. The van der Waals surface area contributed by atoms with E-state index in [2.05, 4.69) is 31.3 Å². The number of benzene rings is 1. The normalized spacial score (nSPS) is 18.1. The third-order valence-electron chi connectivity index (χ3n) is 4.05. The molecule has 106 valence electrons. The van der Waals surface area contributed by atoms with Crippen LogP contribution in [0, 0.1) is 5.92 Å². The number of hydrogen-bond donors (Lipinski definition) is 1. The van der Waals surface area contributed by atoms with E-state index in [1.54, 1.807) is 7.11 Å². The maximum atomic E-state index is 5.42. The summed E-state index contributed by atoms with van der Waals surface area (Å²) in [5, 5.41) is 3.78. The zero-order valence-corrected chi connectivity index (χ0v) is 12.5. The molecule has 19 heavy (non-hydrogen) atoms. The Labute approximate surface area is 117 Å². The second-order valence-electron chi connectivity index (χ2n) is 5.87. The van der Waals surface area contributed by atoms with E-state index in [1.165, 1.54) is 31.2 Å². The van der Waals surface area contributed by atoms with Crippen LogP contribution >= 0.6 is 0 Å². The molecule has 1 saturated carbocycles. The summed E-state index contributed by atoms with van der Waals surface area (Å²) in [7, 11) is 1.75. The van der Waals surface area contributed by atoms with Crippen molar-refractivity contribution in [3.63, 3.8) is 0 Å². The highest BCUT2D eigenvalue weighted by Crippen LogP contribution is 2.34. The molecule has 1 N–H and O–H groups in total. The van der Waals surface area contributed by atoms with E-state index in [1.807, 2.05) is 12.1 Å². The number of ether oxygens (including phenoxy) is 1. The van der Waals surface area contributed by atoms with Gasteiger partial charge in [0.15, 0.2) is 0 Å². The summed E-state index contributed by atoms with van der Waals surface area (Å²) in [6, 6.07) is 9.51. The predicted molar refractivity (Wildman–Crippen MR) is 80.7 cm³/mol. The Hall–Kier alpha value is -1.02. The van der Waals surface area contributed by atoms with Crippen LogP contribution in [0.1, 0.15) is 45.1 Å². The van der Waals surface area contributed by atoms with Gasteiger partial charge in [-0.25, -0.2) is 0 Å². The third kappa shape index (κ3) is 4.54. The summed E-state index contributed by atoms with van der Waals surface area (Å²) in [4.78, 5) is 0. The summed E-state index contributed by atoms with van der Waals surface area (Å²) in [5.41, 5.74) is 1.30. The maximum absolute atomic E-state index is 5.42. The molecule has 1 aromatic rings. The fraction of sp³-hybridized carbons (Fsp3) is 0.647. The van der Waals surface area contributed by atoms with Crippen molar-refractivity contribution < 1.29 is 4.74 Å². The molecule has 2 nitrogen and oxygen atoms in total. The molecule has 2 unspecified atom stereocenters. The maximum Gasteiger partial charge on any atom is 0.122 e. The van der Waals surface area contributed by atoms with Crippen LogP contribution in [-0.2, 0) is 6.42 Å². The van der Waals surface area contributed by atoms with Crippen LogP contribution in [0.25, 0.3) is 0 Å². The van der Waals surface area contributed by atoms with Crippen LogP contribution in [0.2, 0.25) is 0 Å². The minimum atomic E-state index is 0.500. The third-order valence-corrected chi connectivity index (χ3v) is 4.05. The van der Waals surface area contributed by atoms with Gasteiger partial charge in [-0.3, -0.25) is 0 Å². The largest absolute Gasteiger partial charge is 0.496 e. The molecule has 0 radical (unpaired) electrons. The molecule has 0 aliphatic heterocycles. The van der Waals surface area contributed by atoms with Crippen molar-refractivity contribution in [2.45, 2.75) is 58.0 Å². The summed E-state index contributed by atoms with van der Waals surface area (Å²) in [6.45, 7) is 4.57. The number of rotatable bonds is 8. The Morgan fingerprint density at radius 3 is 2.68 bits per heavy atom. The molecule has 2 heteroatoms. The van der Waals surface area contributed by atoms with E-state index >= 15 is 0 Å². The average molecular weight is 261 g/mol. The van der Waals surface area contributed by atoms with Crippen molar-refractivity contribution in [3.05, 3.63) is 29.8 Å². The standard InChI is InChI=1S/C17H27NO/c1-4-16(12-14-9-10-14)18-13(2)11-15-7-5-6-8-17(15)19-3/h5-8,13-14,16,18H,4,9-12H2,1-3H3. The quantitative estimate of drug-likeness (QED) is 0.768. The molecule has 1 aliphatic carbocycles.